The summed E-state index contributed by atoms with van der Waals surface area (Å²) in [4.78, 5) is 16.0. The Balaban J connectivity index is 1.69. The third-order valence-corrected chi connectivity index (χ3v) is 4.36. The summed E-state index contributed by atoms with van der Waals surface area (Å²) in [6.45, 7) is 8.12. The molecule has 3 rings (SSSR count). The molecular formula is C19H23ClN4O2. The zero-order valence-corrected chi connectivity index (χ0v) is 16.0. The average Bonchev–Trinajstić information content (AvgIpc) is 2.61. The van der Waals surface area contributed by atoms with Gasteiger partial charge in [-0.2, -0.15) is 0 Å². The molecule has 26 heavy (non-hydrogen) atoms. The maximum absolute atomic E-state index is 12.2. The van der Waals surface area contributed by atoms with Gasteiger partial charge in [0.05, 0.1) is 0 Å². The van der Waals surface area contributed by atoms with Gasteiger partial charge in [0.25, 0.3) is 0 Å². The summed E-state index contributed by atoms with van der Waals surface area (Å²) < 4.78 is 5.43. The number of carbonyl (C=O) groups is 1. The summed E-state index contributed by atoms with van der Waals surface area (Å²) in [5.41, 5.74) is 1.37. The van der Waals surface area contributed by atoms with Gasteiger partial charge in [0.1, 0.15) is 5.60 Å². The lowest BCUT2D eigenvalue weighted by Gasteiger charge is -2.36. The highest BCUT2D eigenvalue weighted by Gasteiger charge is 2.26. The third kappa shape index (κ3) is 4.43. The predicted octanol–water partition coefficient (Wildman–Crippen LogP) is 3.85. The Kier molecular flexibility index (Phi) is 5.32. The standard InChI is InChI=1S/C19H23ClN4O2/c1-19(2,3)26-18(25)24-11-9-23(10-12-24)16-13-15(17(20)22-21-16)14-7-5-4-6-8-14/h4-8,13H,9-12H2,1-3H3. The van der Waals surface area contributed by atoms with Crippen LogP contribution in [0.1, 0.15) is 20.8 Å². The van der Waals surface area contributed by atoms with E-state index < -0.39 is 5.60 Å². The molecule has 1 aromatic carbocycles. The number of rotatable bonds is 2. The van der Waals surface area contributed by atoms with Crippen LogP contribution in [0.4, 0.5) is 10.6 Å². The summed E-state index contributed by atoms with van der Waals surface area (Å²) in [5.74, 6) is 0.761. The Morgan fingerprint density at radius 1 is 1.08 bits per heavy atom. The number of piperazine rings is 1. The molecule has 0 N–H and O–H groups in total. The van der Waals surface area contributed by atoms with E-state index in [1.54, 1.807) is 4.90 Å². The van der Waals surface area contributed by atoms with Crippen molar-refractivity contribution in [1.29, 1.82) is 0 Å². The van der Waals surface area contributed by atoms with E-state index in [-0.39, 0.29) is 6.09 Å². The van der Waals surface area contributed by atoms with E-state index in [1.807, 2.05) is 57.2 Å². The van der Waals surface area contributed by atoms with Crippen molar-refractivity contribution in [2.24, 2.45) is 0 Å². The second-order valence-corrected chi connectivity index (χ2v) is 7.59. The Morgan fingerprint density at radius 3 is 2.35 bits per heavy atom. The molecule has 0 radical (unpaired) electrons. The van der Waals surface area contributed by atoms with Crippen LogP contribution in [0.15, 0.2) is 36.4 Å². The van der Waals surface area contributed by atoms with Gasteiger partial charge in [-0.05, 0) is 32.4 Å². The van der Waals surface area contributed by atoms with Gasteiger partial charge in [-0.1, -0.05) is 41.9 Å². The van der Waals surface area contributed by atoms with Crippen molar-refractivity contribution in [2.75, 3.05) is 31.1 Å². The zero-order valence-electron chi connectivity index (χ0n) is 15.3. The van der Waals surface area contributed by atoms with E-state index in [0.717, 1.165) is 16.9 Å². The number of anilines is 1. The van der Waals surface area contributed by atoms with Crippen LogP contribution in [0.5, 0.6) is 0 Å². The Morgan fingerprint density at radius 2 is 1.73 bits per heavy atom. The van der Waals surface area contributed by atoms with E-state index >= 15 is 0 Å². The average molecular weight is 375 g/mol. The third-order valence-electron chi connectivity index (χ3n) is 4.08. The lowest BCUT2D eigenvalue weighted by molar-refractivity contribution is 0.0240. The molecule has 2 aromatic rings. The first-order valence-corrected chi connectivity index (χ1v) is 9.03. The monoisotopic (exact) mass is 374 g/mol. The van der Waals surface area contributed by atoms with Crippen molar-refractivity contribution < 1.29 is 9.53 Å². The number of nitrogens with zero attached hydrogens (tertiary/aromatic N) is 4. The minimum atomic E-state index is -0.486. The topological polar surface area (TPSA) is 58.6 Å². The molecule has 1 aliphatic rings. The second kappa shape index (κ2) is 7.50. The number of benzene rings is 1. The summed E-state index contributed by atoms with van der Waals surface area (Å²) in [6.07, 6.45) is -0.274. The summed E-state index contributed by atoms with van der Waals surface area (Å²) >= 11 is 6.23. The maximum Gasteiger partial charge on any atom is 0.410 e. The molecule has 6 nitrogen and oxygen atoms in total. The summed E-state index contributed by atoms with van der Waals surface area (Å²) in [7, 11) is 0. The highest BCUT2D eigenvalue weighted by atomic mass is 35.5. The molecule has 1 aliphatic heterocycles. The largest absolute Gasteiger partial charge is 0.444 e. The molecule has 0 saturated carbocycles. The van der Waals surface area contributed by atoms with Crippen molar-refractivity contribution >= 4 is 23.5 Å². The smallest absolute Gasteiger partial charge is 0.410 e. The number of hydrogen-bond acceptors (Lipinski definition) is 5. The van der Waals surface area contributed by atoms with Gasteiger partial charge < -0.3 is 14.5 Å². The second-order valence-electron chi connectivity index (χ2n) is 7.23. The molecule has 1 amide bonds. The highest BCUT2D eigenvalue weighted by Crippen LogP contribution is 2.28. The quantitative estimate of drug-likeness (QED) is 0.799. The Hall–Kier alpha value is -2.34. The first kappa shape index (κ1) is 18.5. The van der Waals surface area contributed by atoms with Crippen LogP contribution in [0.25, 0.3) is 11.1 Å². The van der Waals surface area contributed by atoms with Crippen LogP contribution in [-0.2, 0) is 4.74 Å². The normalized spacial score (nSPS) is 15.1. The Bertz CT molecular complexity index is 769. The van der Waals surface area contributed by atoms with Crippen molar-refractivity contribution in [2.45, 2.75) is 26.4 Å². The van der Waals surface area contributed by atoms with E-state index in [2.05, 4.69) is 15.1 Å². The van der Waals surface area contributed by atoms with Crippen molar-refractivity contribution in [3.63, 3.8) is 0 Å². The molecule has 0 atom stereocenters. The van der Waals surface area contributed by atoms with Crippen molar-refractivity contribution in [3.8, 4) is 11.1 Å². The molecule has 7 heteroatoms. The van der Waals surface area contributed by atoms with E-state index in [9.17, 15) is 4.79 Å². The fourth-order valence-corrected chi connectivity index (χ4v) is 2.99. The van der Waals surface area contributed by atoms with Gasteiger partial charge >= 0.3 is 6.09 Å². The lowest BCUT2D eigenvalue weighted by Crippen LogP contribution is -2.50. The SMILES string of the molecule is CC(C)(C)OC(=O)N1CCN(c2cc(-c3ccccc3)c(Cl)nn2)CC1. The van der Waals surface area contributed by atoms with Crippen LogP contribution in [0.3, 0.4) is 0 Å². The van der Waals surface area contributed by atoms with Gasteiger partial charge in [0.15, 0.2) is 11.0 Å². The Labute approximate surface area is 158 Å². The minimum Gasteiger partial charge on any atom is -0.444 e. The minimum absolute atomic E-state index is 0.274. The maximum atomic E-state index is 12.2. The van der Waals surface area contributed by atoms with Gasteiger partial charge in [0, 0.05) is 31.7 Å². The van der Waals surface area contributed by atoms with Crippen molar-refractivity contribution in [1.82, 2.24) is 15.1 Å². The summed E-state index contributed by atoms with van der Waals surface area (Å²) in [6, 6.07) is 11.8. The zero-order chi connectivity index (χ0) is 18.7. The number of aromatic nitrogens is 2. The molecule has 1 aromatic heterocycles. The predicted molar refractivity (Wildman–Crippen MR) is 102 cm³/mol. The number of amides is 1. The fourth-order valence-electron chi connectivity index (χ4n) is 2.79. The first-order valence-electron chi connectivity index (χ1n) is 8.65. The molecule has 138 valence electrons. The first-order chi connectivity index (χ1) is 12.3. The van der Waals surface area contributed by atoms with Crippen LogP contribution >= 0.6 is 11.6 Å². The van der Waals surface area contributed by atoms with Crippen LogP contribution < -0.4 is 4.90 Å². The molecule has 2 heterocycles. The molecule has 0 bridgehead atoms. The molecule has 0 unspecified atom stereocenters. The summed E-state index contributed by atoms with van der Waals surface area (Å²) in [5, 5.41) is 8.71. The molecule has 0 spiro atoms. The van der Waals surface area contributed by atoms with Crippen LogP contribution in [0, 0.1) is 0 Å². The van der Waals surface area contributed by atoms with Gasteiger partial charge in [-0.25, -0.2) is 4.79 Å². The van der Waals surface area contributed by atoms with Crippen LogP contribution in [0.2, 0.25) is 5.15 Å². The number of hydrogen-bond donors (Lipinski definition) is 0. The lowest BCUT2D eigenvalue weighted by atomic mass is 10.1. The van der Waals surface area contributed by atoms with Crippen molar-refractivity contribution in [3.05, 3.63) is 41.6 Å². The number of ether oxygens (including phenoxy) is 1. The van der Waals surface area contributed by atoms with Gasteiger partial charge in [0.2, 0.25) is 0 Å². The molecule has 0 aliphatic carbocycles. The van der Waals surface area contributed by atoms with Gasteiger partial charge in [-0.15, -0.1) is 10.2 Å². The fraction of sp³-hybridized carbons (Fsp3) is 0.421. The van der Waals surface area contributed by atoms with E-state index in [0.29, 0.717) is 31.3 Å². The molecule has 1 fully saturated rings. The van der Waals surface area contributed by atoms with Gasteiger partial charge in [-0.3, -0.25) is 0 Å². The molecule has 1 saturated heterocycles. The van der Waals surface area contributed by atoms with E-state index in [1.165, 1.54) is 0 Å². The van der Waals surface area contributed by atoms with Crippen LogP contribution in [-0.4, -0.2) is 53.0 Å². The molecular weight excluding hydrogens is 352 g/mol. The number of halogens is 1. The highest BCUT2D eigenvalue weighted by molar-refractivity contribution is 6.32. The number of carbonyl (C=O) groups excluding carboxylic acids is 1. The van der Waals surface area contributed by atoms with E-state index in [4.69, 9.17) is 16.3 Å².